The van der Waals surface area contributed by atoms with Gasteiger partial charge >= 0.3 is 0 Å². The fourth-order valence-electron chi connectivity index (χ4n) is 2.46. The zero-order valence-corrected chi connectivity index (χ0v) is 16.4. The first kappa shape index (κ1) is 19.8. The quantitative estimate of drug-likeness (QED) is 0.631. The summed E-state index contributed by atoms with van der Waals surface area (Å²) in [5, 5.41) is 0. The van der Waals surface area contributed by atoms with E-state index < -0.39 is 21.8 Å². The van der Waals surface area contributed by atoms with E-state index in [0.29, 0.717) is 5.56 Å². The molecule has 0 heterocycles. The van der Waals surface area contributed by atoms with Crippen molar-refractivity contribution < 1.29 is 18.0 Å². The summed E-state index contributed by atoms with van der Waals surface area (Å²) in [5.74, 6) is -0.999. The predicted molar refractivity (Wildman–Crippen MR) is 105 cm³/mol. The van der Waals surface area contributed by atoms with E-state index in [0.717, 1.165) is 18.5 Å². The van der Waals surface area contributed by atoms with Crippen molar-refractivity contribution >= 4 is 27.5 Å². The van der Waals surface area contributed by atoms with Crippen LogP contribution in [0, 0.1) is 0 Å². The van der Waals surface area contributed by atoms with E-state index in [4.69, 9.17) is 0 Å². The number of amides is 2. The Bertz CT molecular complexity index is 983. The molecule has 2 amide bonds. The molecule has 3 rings (SSSR count). The average molecular weight is 402 g/mol. The monoisotopic (exact) mass is 402 g/mol. The number of nitrogens with zero attached hydrogens (tertiary/aromatic N) is 1. The number of anilines is 1. The predicted octanol–water partition coefficient (Wildman–Crippen LogP) is 1.27. The van der Waals surface area contributed by atoms with Crippen LogP contribution in [0.3, 0.4) is 0 Å². The summed E-state index contributed by atoms with van der Waals surface area (Å²) >= 11 is 0. The molecule has 2 aromatic carbocycles. The normalized spacial score (nSPS) is 13.6. The van der Waals surface area contributed by atoms with Gasteiger partial charge in [0.2, 0.25) is 10.0 Å². The molecule has 28 heavy (non-hydrogen) atoms. The molecule has 0 bridgehead atoms. The summed E-state index contributed by atoms with van der Waals surface area (Å²) in [7, 11) is 0.160. The standard InChI is InChI=1S/C19H22N4O4S/c1-23(2)16-5-3-4-14(12-16)19(25)21-20-18(24)13-6-10-17(11-7-13)28(26,27)22-15-8-9-15/h3-7,10-12,15,22H,8-9H2,1-2H3,(H,20,24)(H,21,25). The maximum absolute atomic E-state index is 12.2. The zero-order valence-electron chi connectivity index (χ0n) is 15.6. The van der Waals surface area contributed by atoms with Gasteiger partial charge in [-0.2, -0.15) is 0 Å². The highest BCUT2D eigenvalue weighted by Crippen LogP contribution is 2.22. The van der Waals surface area contributed by atoms with Crippen molar-refractivity contribution in [2.75, 3.05) is 19.0 Å². The molecule has 8 nitrogen and oxygen atoms in total. The van der Waals surface area contributed by atoms with E-state index in [1.54, 1.807) is 18.2 Å². The SMILES string of the molecule is CN(C)c1cccc(C(=O)NNC(=O)c2ccc(S(=O)(=O)NC3CC3)cc2)c1. The lowest BCUT2D eigenvalue weighted by atomic mass is 10.2. The molecule has 0 spiro atoms. The third-order valence-corrected chi connectivity index (χ3v) is 5.78. The highest BCUT2D eigenvalue weighted by molar-refractivity contribution is 7.89. The van der Waals surface area contributed by atoms with Gasteiger partial charge in [0.1, 0.15) is 0 Å². The maximum Gasteiger partial charge on any atom is 0.269 e. The van der Waals surface area contributed by atoms with Crippen molar-refractivity contribution in [3.05, 3.63) is 59.7 Å². The van der Waals surface area contributed by atoms with E-state index >= 15 is 0 Å². The van der Waals surface area contributed by atoms with Crippen molar-refractivity contribution in [3.8, 4) is 0 Å². The molecule has 0 saturated heterocycles. The minimum atomic E-state index is -3.57. The number of nitrogens with one attached hydrogen (secondary N) is 3. The molecular formula is C19H22N4O4S. The Kier molecular flexibility index (Phi) is 5.66. The summed E-state index contributed by atoms with van der Waals surface area (Å²) in [6.07, 6.45) is 1.69. The molecule has 3 N–H and O–H groups in total. The second kappa shape index (κ2) is 7.99. The molecule has 148 valence electrons. The van der Waals surface area contributed by atoms with Gasteiger partial charge in [0.25, 0.3) is 11.8 Å². The van der Waals surface area contributed by atoms with Crippen LogP contribution in [-0.4, -0.2) is 40.4 Å². The van der Waals surface area contributed by atoms with Crippen molar-refractivity contribution in [1.29, 1.82) is 0 Å². The largest absolute Gasteiger partial charge is 0.378 e. The van der Waals surface area contributed by atoms with Crippen molar-refractivity contribution in [2.45, 2.75) is 23.8 Å². The Labute approximate surface area is 164 Å². The lowest BCUT2D eigenvalue weighted by Gasteiger charge is -2.13. The maximum atomic E-state index is 12.2. The van der Waals surface area contributed by atoms with Crippen LogP contribution >= 0.6 is 0 Å². The minimum Gasteiger partial charge on any atom is -0.378 e. The summed E-state index contributed by atoms with van der Waals surface area (Å²) in [4.78, 5) is 26.4. The fraction of sp³-hybridized carbons (Fsp3) is 0.263. The number of hydrazine groups is 1. The highest BCUT2D eigenvalue weighted by atomic mass is 32.2. The molecule has 1 fully saturated rings. The number of hydrogen-bond donors (Lipinski definition) is 3. The Morgan fingerprint density at radius 2 is 1.54 bits per heavy atom. The molecule has 9 heteroatoms. The smallest absolute Gasteiger partial charge is 0.269 e. The molecule has 0 unspecified atom stereocenters. The average Bonchev–Trinajstić information content (AvgIpc) is 3.49. The number of benzene rings is 2. The molecule has 1 saturated carbocycles. The Hall–Kier alpha value is -2.91. The molecule has 2 aromatic rings. The van der Waals surface area contributed by atoms with E-state index in [2.05, 4.69) is 15.6 Å². The van der Waals surface area contributed by atoms with Crippen LogP contribution in [0.4, 0.5) is 5.69 Å². The van der Waals surface area contributed by atoms with E-state index in [1.807, 2.05) is 25.1 Å². The minimum absolute atomic E-state index is 0.00851. The van der Waals surface area contributed by atoms with E-state index in [-0.39, 0.29) is 16.5 Å². The summed E-state index contributed by atoms with van der Waals surface area (Å²) in [6.45, 7) is 0. The van der Waals surface area contributed by atoms with Gasteiger partial charge in [-0.15, -0.1) is 0 Å². The van der Waals surface area contributed by atoms with Crippen molar-refractivity contribution in [2.24, 2.45) is 0 Å². The van der Waals surface area contributed by atoms with Crippen LogP contribution in [0.15, 0.2) is 53.4 Å². The first-order chi connectivity index (χ1) is 13.3. The van der Waals surface area contributed by atoms with Crippen LogP contribution in [0.1, 0.15) is 33.6 Å². The van der Waals surface area contributed by atoms with E-state index in [9.17, 15) is 18.0 Å². The Morgan fingerprint density at radius 1 is 0.929 bits per heavy atom. The molecule has 0 aromatic heterocycles. The molecule has 0 radical (unpaired) electrons. The third-order valence-electron chi connectivity index (χ3n) is 4.24. The van der Waals surface area contributed by atoms with Gasteiger partial charge in [0.15, 0.2) is 0 Å². The van der Waals surface area contributed by atoms with Gasteiger partial charge in [-0.3, -0.25) is 20.4 Å². The van der Waals surface area contributed by atoms with Crippen LogP contribution in [-0.2, 0) is 10.0 Å². The lowest BCUT2D eigenvalue weighted by Crippen LogP contribution is -2.41. The van der Waals surface area contributed by atoms with Crippen LogP contribution in [0.25, 0.3) is 0 Å². The number of carbonyl (C=O) groups is 2. The van der Waals surface area contributed by atoms with Crippen molar-refractivity contribution in [1.82, 2.24) is 15.6 Å². The molecule has 1 aliphatic rings. The summed E-state index contributed by atoms with van der Waals surface area (Å²) in [5.41, 5.74) is 6.17. The lowest BCUT2D eigenvalue weighted by molar-refractivity contribution is 0.0846. The number of hydrogen-bond acceptors (Lipinski definition) is 5. The molecule has 0 aliphatic heterocycles. The van der Waals surface area contributed by atoms with Gasteiger partial charge in [0.05, 0.1) is 4.90 Å². The Morgan fingerprint density at radius 3 is 2.11 bits per heavy atom. The Balaban J connectivity index is 1.60. The van der Waals surface area contributed by atoms with Gasteiger partial charge in [-0.1, -0.05) is 6.07 Å². The van der Waals surface area contributed by atoms with Gasteiger partial charge in [0, 0.05) is 37.0 Å². The van der Waals surface area contributed by atoms with Gasteiger partial charge < -0.3 is 4.90 Å². The van der Waals surface area contributed by atoms with Gasteiger partial charge in [-0.05, 0) is 55.3 Å². The van der Waals surface area contributed by atoms with Crippen LogP contribution in [0.5, 0.6) is 0 Å². The van der Waals surface area contributed by atoms with Gasteiger partial charge in [-0.25, -0.2) is 13.1 Å². The van der Waals surface area contributed by atoms with Crippen LogP contribution < -0.4 is 20.5 Å². The van der Waals surface area contributed by atoms with Crippen LogP contribution in [0.2, 0.25) is 0 Å². The third kappa shape index (κ3) is 4.87. The van der Waals surface area contributed by atoms with E-state index in [1.165, 1.54) is 24.3 Å². The van der Waals surface area contributed by atoms with Crippen molar-refractivity contribution in [3.63, 3.8) is 0 Å². The second-order valence-electron chi connectivity index (χ2n) is 6.77. The number of sulfonamides is 1. The zero-order chi connectivity index (χ0) is 20.3. The number of carbonyl (C=O) groups excluding carboxylic acids is 2. The molecular weight excluding hydrogens is 380 g/mol. The first-order valence-electron chi connectivity index (χ1n) is 8.77. The number of rotatable bonds is 6. The topological polar surface area (TPSA) is 108 Å². The highest BCUT2D eigenvalue weighted by Gasteiger charge is 2.28. The molecule has 1 aliphatic carbocycles. The summed E-state index contributed by atoms with van der Waals surface area (Å²) < 4.78 is 26.9. The summed E-state index contributed by atoms with van der Waals surface area (Å²) in [6, 6.07) is 12.5. The second-order valence-corrected chi connectivity index (χ2v) is 8.49. The first-order valence-corrected chi connectivity index (χ1v) is 10.2. The fourth-order valence-corrected chi connectivity index (χ4v) is 3.76. The molecule has 0 atom stereocenters.